The first-order valence-electron chi connectivity index (χ1n) is 5.16. The standard InChI is InChI=1S/C11H10Br2N4O2/c1-18-10-7(4-16-17-5-14-15-6-17)3-8(12)11(19-2)9(10)13/h3-6H,1-2H3/b16-4-. The maximum absolute atomic E-state index is 5.36. The van der Waals surface area contributed by atoms with E-state index in [1.54, 1.807) is 20.4 Å². The second-order valence-corrected chi connectivity index (χ2v) is 5.06. The van der Waals surface area contributed by atoms with Crippen molar-refractivity contribution in [3.05, 3.63) is 33.2 Å². The first kappa shape index (κ1) is 14.0. The van der Waals surface area contributed by atoms with Gasteiger partial charge in [-0.15, -0.1) is 10.2 Å². The summed E-state index contributed by atoms with van der Waals surface area (Å²) >= 11 is 6.89. The van der Waals surface area contributed by atoms with Crippen LogP contribution in [0.25, 0.3) is 0 Å². The lowest BCUT2D eigenvalue weighted by Gasteiger charge is -2.12. The summed E-state index contributed by atoms with van der Waals surface area (Å²) in [5.74, 6) is 1.30. The average Bonchev–Trinajstić information content (AvgIpc) is 2.89. The highest BCUT2D eigenvalue weighted by atomic mass is 79.9. The van der Waals surface area contributed by atoms with Crippen molar-refractivity contribution < 1.29 is 9.47 Å². The third kappa shape index (κ3) is 2.95. The molecular weight excluding hydrogens is 380 g/mol. The van der Waals surface area contributed by atoms with Crippen LogP contribution >= 0.6 is 31.9 Å². The topological polar surface area (TPSA) is 61.5 Å². The third-order valence-corrected chi connectivity index (χ3v) is 3.61. The number of aromatic nitrogens is 3. The molecular formula is C11H10Br2N4O2. The predicted molar refractivity (Wildman–Crippen MR) is 78.0 cm³/mol. The minimum atomic E-state index is 0.636. The summed E-state index contributed by atoms with van der Waals surface area (Å²) in [6.07, 6.45) is 4.64. The van der Waals surface area contributed by atoms with Crippen LogP contribution in [0.15, 0.2) is 32.8 Å². The Labute approximate surface area is 126 Å². The molecule has 0 aliphatic carbocycles. The molecule has 0 radical (unpaired) electrons. The number of halogens is 2. The minimum Gasteiger partial charge on any atom is -0.495 e. The molecule has 0 spiro atoms. The summed E-state index contributed by atoms with van der Waals surface area (Å²) in [4.78, 5) is 0. The van der Waals surface area contributed by atoms with E-state index in [0.29, 0.717) is 11.5 Å². The number of benzene rings is 1. The SMILES string of the molecule is COc1c(Br)cc(/C=N\n2cnnc2)c(OC)c1Br. The van der Waals surface area contributed by atoms with Crippen LogP contribution in [0.3, 0.4) is 0 Å². The lowest BCUT2D eigenvalue weighted by atomic mass is 10.2. The Hall–Kier alpha value is -1.41. The van der Waals surface area contributed by atoms with Gasteiger partial charge in [-0.3, -0.25) is 0 Å². The van der Waals surface area contributed by atoms with Gasteiger partial charge in [-0.25, -0.2) is 4.68 Å². The number of ether oxygens (including phenoxy) is 2. The second-order valence-electron chi connectivity index (χ2n) is 3.41. The number of hydrogen-bond donors (Lipinski definition) is 0. The number of rotatable bonds is 4. The van der Waals surface area contributed by atoms with Crippen molar-refractivity contribution in [1.82, 2.24) is 14.9 Å². The Morgan fingerprint density at radius 3 is 2.37 bits per heavy atom. The Bertz CT molecular complexity index is 599. The van der Waals surface area contributed by atoms with Gasteiger partial charge >= 0.3 is 0 Å². The first-order chi connectivity index (χ1) is 9.17. The van der Waals surface area contributed by atoms with Crippen molar-refractivity contribution in [2.75, 3.05) is 14.2 Å². The Kier molecular flexibility index (Phi) is 4.54. The van der Waals surface area contributed by atoms with Crippen LogP contribution in [0.4, 0.5) is 0 Å². The van der Waals surface area contributed by atoms with Crippen molar-refractivity contribution in [3.63, 3.8) is 0 Å². The maximum Gasteiger partial charge on any atom is 0.151 e. The molecule has 0 N–H and O–H groups in total. The second kappa shape index (κ2) is 6.16. The van der Waals surface area contributed by atoms with E-state index in [1.165, 1.54) is 17.3 Å². The molecule has 8 heteroatoms. The van der Waals surface area contributed by atoms with Crippen LogP contribution in [-0.2, 0) is 0 Å². The minimum absolute atomic E-state index is 0.636. The van der Waals surface area contributed by atoms with Crippen LogP contribution in [-0.4, -0.2) is 35.3 Å². The molecule has 0 amide bonds. The van der Waals surface area contributed by atoms with E-state index >= 15 is 0 Å². The molecule has 0 aliphatic heterocycles. The summed E-state index contributed by atoms with van der Waals surface area (Å²) in [6.45, 7) is 0. The number of hydrogen-bond acceptors (Lipinski definition) is 5. The lowest BCUT2D eigenvalue weighted by molar-refractivity contribution is 0.387. The third-order valence-electron chi connectivity index (χ3n) is 2.30. The molecule has 6 nitrogen and oxygen atoms in total. The largest absolute Gasteiger partial charge is 0.495 e. The van der Waals surface area contributed by atoms with Crippen molar-refractivity contribution in [3.8, 4) is 11.5 Å². The maximum atomic E-state index is 5.36. The molecule has 100 valence electrons. The zero-order valence-electron chi connectivity index (χ0n) is 10.2. The van der Waals surface area contributed by atoms with E-state index in [-0.39, 0.29) is 0 Å². The fraction of sp³-hybridized carbons (Fsp3) is 0.182. The molecule has 0 saturated heterocycles. The first-order valence-corrected chi connectivity index (χ1v) is 6.75. The number of methoxy groups -OCH3 is 2. The zero-order valence-corrected chi connectivity index (χ0v) is 13.3. The summed E-state index contributed by atoms with van der Waals surface area (Å²) in [6, 6.07) is 1.86. The van der Waals surface area contributed by atoms with E-state index in [0.717, 1.165) is 14.5 Å². The normalized spacial score (nSPS) is 10.9. The van der Waals surface area contributed by atoms with Crippen LogP contribution < -0.4 is 9.47 Å². The van der Waals surface area contributed by atoms with Gasteiger partial charge in [-0.05, 0) is 37.9 Å². The van der Waals surface area contributed by atoms with Gasteiger partial charge in [0.05, 0.1) is 24.9 Å². The quantitative estimate of drug-likeness (QED) is 0.754. The summed E-state index contributed by atoms with van der Waals surface area (Å²) in [7, 11) is 3.18. The highest BCUT2D eigenvalue weighted by molar-refractivity contribution is 9.11. The smallest absolute Gasteiger partial charge is 0.151 e. The Morgan fingerprint density at radius 2 is 1.79 bits per heavy atom. The van der Waals surface area contributed by atoms with E-state index < -0.39 is 0 Å². The summed E-state index contributed by atoms with van der Waals surface area (Å²) < 4.78 is 13.7. The molecule has 2 aromatic rings. The van der Waals surface area contributed by atoms with Gasteiger partial charge in [-0.1, -0.05) is 0 Å². The van der Waals surface area contributed by atoms with Gasteiger partial charge in [0.25, 0.3) is 0 Å². The molecule has 0 aliphatic rings. The van der Waals surface area contributed by atoms with Crippen LogP contribution in [0.5, 0.6) is 11.5 Å². The highest BCUT2D eigenvalue weighted by Gasteiger charge is 2.15. The average molecular weight is 390 g/mol. The van der Waals surface area contributed by atoms with E-state index in [4.69, 9.17) is 9.47 Å². The lowest BCUT2D eigenvalue weighted by Crippen LogP contribution is -1.97. The van der Waals surface area contributed by atoms with Gasteiger partial charge in [0.15, 0.2) is 5.75 Å². The Balaban J connectivity index is 2.45. The van der Waals surface area contributed by atoms with Gasteiger partial charge in [0, 0.05) is 5.56 Å². The van der Waals surface area contributed by atoms with Crippen molar-refractivity contribution in [1.29, 1.82) is 0 Å². The molecule has 1 aromatic heterocycles. The van der Waals surface area contributed by atoms with E-state index in [1.807, 2.05) is 6.07 Å². The van der Waals surface area contributed by atoms with E-state index in [9.17, 15) is 0 Å². The monoisotopic (exact) mass is 388 g/mol. The summed E-state index contributed by atoms with van der Waals surface area (Å²) in [5.41, 5.74) is 0.788. The van der Waals surface area contributed by atoms with Gasteiger partial charge in [0.1, 0.15) is 22.9 Å². The fourth-order valence-electron chi connectivity index (χ4n) is 1.48. The fourth-order valence-corrected chi connectivity index (χ4v) is 3.12. The zero-order chi connectivity index (χ0) is 13.8. The van der Waals surface area contributed by atoms with E-state index in [2.05, 4.69) is 47.2 Å². The molecule has 0 atom stereocenters. The molecule has 2 rings (SSSR count). The number of nitrogens with zero attached hydrogens (tertiary/aromatic N) is 4. The van der Waals surface area contributed by atoms with Gasteiger partial charge in [-0.2, -0.15) is 5.10 Å². The molecule has 1 heterocycles. The van der Waals surface area contributed by atoms with Crippen molar-refractivity contribution in [2.24, 2.45) is 5.10 Å². The Morgan fingerprint density at radius 1 is 1.16 bits per heavy atom. The van der Waals surface area contributed by atoms with Gasteiger partial charge in [0.2, 0.25) is 0 Å². The molecule has 19 heavy (non-hydrogen) atoms. The molecule has 1 aromatic carbocycles. The molecule has 0 unspecified atom stereocenters. The van der Waals surface area contributed by atoms with Crippen LogP contribution in [0, 0.1) is 0 Å². The molecule has 0 saturated carbocycles. The van der Waals surface area contributed by atoms with Crippen molar-refractivity contribution >= 4 is 38.1 Å². The highest BCUT2D eigenvalue weighted by Crippen LogP contribution is 2.42. The summed E-state index contributed by atoms with van der Waals surface area (Å²) in [5, 5.41) is 11.5. The molecule has 0 fully saturated rings. The van der Waals surface area contributed by atoms with Gasteiger partial charge < -0.3 is 9.47 Å². The van der Waals surface area contributed by atoms with Crippen LogP contribution in [0.1, 0.15) is 5.56 Å². The molecule has 0 bridgehead atoms. The van der Waals surface area contributed by atoms with Crippen LogP contribution in [0.2, 0.25) is 0 Å². The van der Waals surface area contributed by atoms with Crippen molar-refractivity contribution in [2.45, 2.75) is 0 Å². The predicted octanol–water partition coefficient (Wildman–Crippen LogP) is 2.70.